The van der Waals surface area contributed by atoms with Crippen LogP contribution in [0.5, 0.6) is 0 Å². The average molecular weight is 303 g/mol. The molecule has 0 aliphatic carbocycles. The number of hydrogen-bond donors (Lipinski definition) is 2. The molecule has 7 nitrogen and oxygen atoms in total. The summed E-state index contributed by atoms with van der Waals surface area (Å²) < 4.78 is 0. The second-order valence-corrected chi connectivity index (χ2v) is 5.61. The number of primary amides is 1. The van der Waals surface area contributed by atoms with Gasteiger partial charge in [-0.3, -0.25) is 10.2 Å². The SMILES string of the molecule is CN(C)C(=N)c1ccc(C2=NOC(C(N)=O)C2)c(N(C)C)c1. The third-order valence-electron chi connectivity index (χ3n) is 3.50. The number of benzene rings is 1. The average Bonchev–Trinajstić information content (AvgIpc) is 2.95. The van der Waals surface area contributed by atoms with Crippen LogP contribution < -0.4 is 10.6 Å². The molecule has 0 aromatic heterocycles. The van der Waals surface area contributed by atoms with Crippen molar-refractivity contribution < 1.29 is 9.63 Å². The summed E-state index contributed by atoms with van der Waals surface area (Å²) in [6.07, 6.45) is -0.342. The van der Waals surface area contributed by atoms with E-state index in [2.05, 4.69) is 5.16 Å². The van der Waals surface area contributed by atoms with Gasteiger partial charge in [0.15, 0.2) is 0 Å². The van der Waals surface area contributed by atoms with E-state index in [0.717, 1.165) is 16.8 Å². The molecule has 0 saturated carbocycles. The molecule has 1 aliphatic heterocycles. The maximum Gasteiger partial charge on any atom is 0.261 e. The molecule has 1 aromatic carbocycles. The molecule has 1 aromatic rings. The lowest BCUT2D eigenvalue weighted by Gasteiger charge is -2.20. The summed E-state index contributed by atoms with van der Waals surface area (Å²) >= 11 is 0. The summed E-state index contributed by atoms with van der Waals surface area (Å²) in [6, 6.07) is 5.69. The van der Waals surface area contributed by atoms with Gasteiger partial charge in [0.1, 0.15) is 5.84 Å². The summed E-state index contributed by atoms with van der Waals surface area (Å²) in [5, 5.41) is 12.1. The molecular weight excluding hydrogens is 282 g/mol. The number of anilines is 1. The molecule has 0 bridgehead atoms. The third-order valence-corrected chi connectivity index (χ3v) is 3.50. The molecule has 3 N–H and O–H groups in total. The van der Waals surface area contributed by atoms with Crippen LogP contribution in [0.25, 0.3) is 0 Å². The van der Waals surface area contributed by atoms with Crippen LogP contribution in [0, 0.1) is 5.41 Å². The lowest BCUT2D eigenvalue weighted by molar-refractivity contribution is -0.127. The van der Waals surface area contributed by atoms with Gasteiger partial charge in [-0.25, -0.2) is 0 Å². The highest BCUT2D eigenvalue weighted by molar-refractivity contribution is 6.09. The molecule has 1 atom stereocenters. The van der Waals surface area contributed by atoms with Crippen LogP contribution in [0.15, 0.2) is 23.4 Å². The number of carbonyl (C=O) groups excluding carboxylic acids is 1. The first-order valence-corrected chi connectivity index (χ1v) is 6.91. The molecule has 0 radical (unpaired) electrons. The Balaban J connectivity index is 2.37. The molecule has 1 unspecified atom stereocenters. The molecule has 2 rings (SSSR count). The summed E-state index contributed by atoms with van der Waals surface area (Å²) in [7, 11) is 7.50. The summed E-state index contributed by atoms with van der Waals surface area (Å²) in [4.78, 5) is 20.0. The Labute approximate surface area is 129 Å². The second-order valence-electron chi connectivity index (χ2n) is 5.61. The fourth-order valence-corrected chi connectivity index (χ4v) is 2.24. The van der Waals surface area contributed by atoms with E-state index in [0.29, 0.717) is 18.0 Å². The van der Waals surface area contributed by atoms with E-state index in [4.69, 9.17) is 16.0 Å². The van der Waals surface area contributed by atoms with E-state index in [1.807, 2.05) is 51.3 Å². The second kappa shape index (κ2) is 6.05. The van der Waals surface area contributed by atoms with Gasteiger partial charge < -0.3 is 20.4 Å². The van der Waals surface area contributed by atoms with Gasteiger partial charge in [-0.2, -0.15) is 0 Å². The Kier molecular flexibility index (Phi) is 4.35. The zero-order valence-corrected chi connectivity index (χ0v) is 13.3. The summed E-state index contributed by atoms with van der Waals surface area (Å²) in [5.74, 6) is -0.0922. The molecule has 0 spiro atoms. The van der Waals surface area contributed by atoms with Gasteiger partial charge in [0.05, 0.1) is 5.71 Å². The number of rotatable bonds is 4. The van der Waals surface area contributed by atoms with Crippen LogP contribution in [0.4, 0.5) is 5.69 Å². The Hall–Kier alpha value is -2.57. The first-order chi connectivity index (χ1) is 10.3. The van der Waals surface area contributed by atoms with Gasteiger partial charge >= 0.3 is 0 Å². The number of amidine groups is 1. The van der Waals surface area contributed by atoms with Crippen molar-refractivity contribution in [2.75, 3.05) is 33.1 Å². The number of nitrogens with two attached hydrogens (primary N) is 1. The van der Waals surface area contributed by atoms with Crippen LogP contribution in [-0.4, -0.2) is 56.6 Å². The zero-order valence-electron chi connectivity index (χ0n) is 13.3. The van der Waals surface area contributed by atoms with Crippen LogP contribution in [0.3, 0.4) is 0 Å². The van der Waals surface area contributed by atoms with Crippen molar-refractivity contribution in [1.82, 2.24) is 4.90 Å². The number of hydrogen-bond acceptors (Lipinski definition) is 5. The number of oxime groups is 1. The Morgan fingerprint density at radius 2 is 2.05 bits per heavy atom. The number of nitrogens with one attached hydrogen (secondary N) is 1. The molecule has 118 valence electrons. The van der Waals surface area contributed by atoms with Crippen molar-refractivity contribution in [3.8, 4) is 0 Å². The minimum absolute atomic E-state index is 0.362. The van der Waals surface area contributed by atoms with Gasteiger partial charge in [-0.1, -0.05) is 17.3 Å². The van der Waals surface area contributed by atoms with Crippen molar-refractivity contribution in [2.45, 2.75) is 12.5 Å². The molecule has 1 amide bonds. The molecule has 0 saturated heterocycles. The van der Waals surface area contributed by atoms with E-state index in [9.17, 15) is 4.79 Å². The summed E-state index contributed by atoms with van der Waals surface area (Å²) in [5.41, 5.74) is 8.54. The van der Waals surface area contributed by atoms with Crippen LogP contribution in [-0.2, 0) is 9.63 Å². The zero-order chi connectivity index (χ0) is 16.4. The molecule has 1 heterocycles. The van der Waals surface area contributed by atoms with Crippen molar-refractivity contribution >= 4 is 23.1 Å². The molecule has 22 heavy (non-hydrogen) atoms. The van der Waals surface area contributed by atoms with E-state index in [1.54, 1.807) is 4.90 Å². The smallest absolute Gasteiger partial charge is 0.261 e. The lowest BCUT2D eigenvalue weighted by atomic mass is 9.99. The van der Waals surface area contributed by atoms with Gasteiger partial charge in [-0.15, -0.1) is 0 Å². The Morgan fingerprint density at radius 1 is 1.36 bits per heavy atom. The molecule has 1 aliphatic rings. The Morgan fingerprint density at radius 3 is 2.55 bits per heavy atom. The maximum absolute atomic E-state index is 11.2. The van der Waals surface area contributed by atoms with Crippen molar-refractivity contribution in [3.63, 3.8) is 0 Å². The van der Waals surface area contributed by atoms with Gasteiger partial charge in [0.25, 0.3) is 5.91 Å². The highest BCUT2D eigenvalue weighted by atomic mass is 16.6. The van der Waals surface area contributed by atoms with E-state index in [1.165, 1.54) is 0 Å². The quantitative estimate of drug-likeness (QED) is 0.629. The normalized spacial score (nSPS) is 16.7. The van der Waals surface area contributed by atoms with E-state index >= 15 is 0 Å². The van der Waals surface area contributed by atoms with Crippen LogP contribution >= 0.6 is 0 Å². The Bertz CT molecular complexity index is 637. The predicted molar refractivity (Wildman–Crippen MR) is 86.5 cm³/mol. The highest BCUT2D eigenvalue weighted by Gasteiger charge is 2.28. The fourth-order valence-electron chi connectivity index (χ4n) is 2.24. The largest absolute Gasteiger partial charge is 0.382 e. The van der Waals surface area contributed by atoms with E-state index < -0.39 is 12.0 Å². The summed E-state index contributed by atoms with van der Waals surface area (Å²) in [6.45, 7) is 0. The van der Waals surface area contributed by atoms with Gasteiger partial charge in [0.2, 0.25) is 6.10 Å². The molecule has 7 heteroatoms. The number of amides is 1. The van der Waals surface area contributed by atoms with Gasteiger partial charge in [-0.05, 0) is 6.07 Å². The molecular formula is C15H21N5O2. The number of nitrogens with zero attached hydrogens (tertiary/aromatic N) is 3. The van der Waals surface area contributed by atoms with Crippen molar-refractivity contribution in [1.29, 1.82) is 5.41 Å². The predicted octanol–water partition coefficient (Wildman–Crippen LogP) is 0.618. The fraction of sp³-hybridized carbons (Fsp3) is 0.400. The highest BCUT2D eigenvalue weighted by Crippen LogP contribution is 2.26. The van der Waals surface area contributed by atoms with E-state index in [-0.39, 0.29) is 0 Å². The topological polar surface area (TPSA) is 95.0 Å². The lowest BCUT2D eigenvalue weighted by Crippen LogP contribution is -2.28. The van der Waals surface area contributed by atoms with Gasteiger partial charge in [0, 0.05) is 51.4 Å². The maximum atomic E-state index is 11.2. The van der Waals surface area contributed by atoms with Crippen molar-refractivity contribution in [2.24, 2.45) is 10.9 Å². The first kappa shape index (κ1) is 15.8. The minimum Gasteiger partial charge on any atom is -0.382 e. The minimum atomic E-state index is -0.704. The third kappa shape index (κ3) is 3.03. The molecule has 0 fully saturated rings. The first-order valence-electron chi connectivity index (χ1n) is 6.91. The standard InChI is InChI=1S/C15H21N5O2/c1-19(2)12-7-9(14(16)20(3)4)5-6-10(12)11-8-13(15(17)21)22-18-11/h5-7,13,16H,8H2,1-4H3,(H2,17,21). The van der Waals surface area contributed by atoms with Crippen LogP contribution in [0.1, 0.15) is 17.5 Å². The number of carbonyl (C=O) groups is 1. The van der Waals surface area contributed by atoms with Crippen molar-refractivity contribution in [3.05, 3.63) is 29.3 Å². The van der Waals surface area contributed by atoms with Crippen LogP contribution in [0.2, 0.25) is 0 Å². The monoisotopic (exact) mass is 303 g/mol.